The summed E-state index contributed by atoms with van der Waals surface area (Å²) in [5, 5.41) is 14.4. The Morgan fingerprint density at radius 3 is 3.00 bits per heavy atom. The van der Waals surface area contributed by atoms with Gasteiger partial charge in [0.05, 0.1) is 4.70 Å². The van der Waals surface area contributed by atoms with E-state index in [-0.39, 0.29) is 5.91 Å². The van der Waals surface area contributed by atoms with Crippen molar-refractivity contribution < 1.29 is 14.7 Å². The van der Waals surface area contributed by atoms with Crippen LogP contribution in [0.5, 0.6) is 0 Å². The number of aryl methyl sites for hydroxylation is 1. The quantitative estimate of drug-likeness (QED) is 0.552. The molecular weight excluding hydrogens is 330 g/mol. The highest BCUT2D eigenvalue weighted by atomic mass is 32.1. The zero-order valence-corrected chi connectivity index (χ0v) is 14.3. The Morgan fingerprint density at radius 1 is 1.35 bits per heavy atom. The molecule has 1 aliphatic rings. The number of carbonyl (C=O) groups excluding carboxylic acids is 1. The molecule has 0 unspecified atom stereocenters. The van der Waals surface area contributed by atoms with Crippen LogP contribution >= 0.6 is 22.7 Å². The molecule has 2 N–H and O–H groups in total. The van der Waals surface area contributed by atoms with E-state index in [4.69, 9.17) is 0 Å². The average Bonchev–Trinajstić information content (AvgIpc) is 3.05. The summed E-state index contributed by atoms with van der Waals surface area (Å²) >= 11 is 3.28. The molecule has 0 saturated heterocycles. The van der Waals surface area contributed by atoms with E-state index in [1.165, 1.54) is 30.2 Å². The molecule has 1 amide bonds. The highest BCUT2D eigenvalue weighted by Crippen LogP contribution is 2.46. The molecule has 0 aromatic carbocycles. The number of amides is 1. The van der Waals surface area contributed by atoms with Crippen LogP contribution in [0.3, 0.4) is 0 Å². The molecule has 0 fully saturated rings. The van der Waals surface area contributed by atoms with Crippen molar-refractivity contribution in [1.82, 2.24) is 4.98 Å². The van der Waals surface area contributed by atoms with Gasteiger partial charge in [0.1, 0.15) is 10.0 Å². The Kier molecular flexibility index (Phi) is 3.54. The second kappa shape index (κ2) is 5.58. The van der Waals surface area contributed by atoms with Gasteiger partial charge in [0, 0.05) is 28.2 Å². The summed E-state index contributed by atoms with van der Waals surface area (Å²) in [7, 11) is 0. The van der Waals surface area contributed by atoms with E-state index in [9.17, 15) is 10.0 Å². The molecule has 5 nitrogen and oxygen atoms in total. The third kappa shape index (κ3) is 2.60. The highest BCUT2D eigenvalue weighted by Gasteiger charge is 2.25. The van der Waals surface area contributed by atoms with Crippen LogP contribution in [0.1, 0.15) is 30.2 Å². The van der Waals surface area contributed by atoms with Crippen LogP contribution in [0.2, 0.25) is 0 Å². The van der Waals surface area contributed by atoms with Crippen LogP contribution in [0, 0.1) is 0 Å². The largest absolute Gasteiger partial charge is 0.317 e. The van der Waals surface area contributed by atoms with Gasteiger partial charge >= 0.3 is 0 Å². The lowest BCUT2D eigenvalue weighted by molar-refractivity contribution is -0.904. The van der Waals surface area contributed by atoms with E-state index in [1.807, 2.05) is 6.07 Å². The highest BCUT2D eigenvalue weighted by molar-refractivity contribution is 7.22. The molecule has 3 aromatic rings. The fourth-order valence-corrected chi connectivity index (χ4v) is 5.43. The number of thiophene rings is 1. The second-order valence-electron chi connectivity index (χ2n) is 5.69. The Balaban J connectivity index is 1.90. The minimum Gasteiger partial charge on any atom is -0.317 e. The van der Waals surface area contributed by atoms with Crippen molar-refractivity contribution in [1.29, 1.82) is 0 Å². The zero-order valence-electron chi connectivity index (χ0n) is 12.6. The zero-order chi connectivity index (χ0) is 16.0. The molecule has 4 rings (SSSR count). The van der Waals surface area contributed by atoms with Gasteiger partial charge in [0.2, 0.25) is 18.3 Å². The van der Waals surface area contributed by atoms with Crippen LogP contribution in [-0.4, -0.2) is 16.1 Å². The Bertz CT molecular complexity index is 914. The molecule has 0 bridgehead atoms. The molecule has 7 heteroatoms. The summed E-state index contributed by atoms with van der Waals surface area (Å²) in [6.45, 7) is 1.54. The fourth-order valence-electron chi connectivity index (χ4n) is 3.02. The molecule has 1 aliphatic carbocycles. The van der Waals surface area contributed by atoms with Gasteiger partial charge in [-0.05, 0) is 31.2 Å². The maximum absolute atomic E-state index is 11.6. The van der Waals surface area contributed by atoms with Crippen LogP contribution in [-0.2, 0) is 17.6 Å². The molecule has 3 heterocycles. The van der Waals surface area contributed by atoms with Gasteiger partial charge in [0.15, 0.2) is 5.52 Å². The topological polar surface area (TPSA) is 66.1 Å². The van der Waals surface area contributed by atoms with Gasteiger partial charge in [-0.2, -0.15) is 0 Å². The number of anilines is 1. The van der Waals surface area contributed by atoms with Crippen LogP contribution in [0.15, 0.2) is 18.5 Å². The number of nitrogens with zero attached hydrogens (tertiary/aromatic N) is 2. The van der Waals surface area contributed by atoms with E-state index in [2.05, 4.69) is 10.3 Å². The summed E-state index contributed by atoms with van der Waals surface area (Å²) in [4.78, 5) is 17.6. The molecule has 118 valence electrons. The van der Waals surface area contributed by atoms with Crippen molar-refractivity contribution >= 4 is 43.8 Å². The maximum Gasteiger partial charge on any atom is 0.249 e. The number of nitrogens with one attached hydrogen (secondary N) is 1. The first-order chi connectivity index (χ1) is 11.1. The van der Waals surface area contributed by atoms with Gasteiger partial charge < -0.3 is 5.32 Å². The fraction of sp³-hybridized carbons (Fsp3) is 0.312. The second-order valence-corrected chi connectivity index (χ2v) is 7.83. The number of fused-ring (bicyclic) bond motifs is 2. The first kappa shape index (κ1) is 14.6. The van der Waals surface area contributed by atoms with Crippen LogP contribution in [0.4, 0.5) is 5.00 Å². The lowest BCUT2D eigenvalue weighted by Gasteiger charge is -2.11. The van der Waals surface area contributed by atoms with Gasteiger partial charge in [-0.15, -0.1) is 22.7 Å². The summed E-state index contributed by atoms with van der Waals surface area (Å²) in [5.41, 5.74) is 3.17. The minimum absolute atomic E-state index is 0.0563. The van der Waals surface area contributed by atoms with Crippen molar-refractivity contribution in [2.75, 3.05) is 5.32 Å². The van der Waals surface area contributed by atoms with Crippen LogP contribution in [0.25, 0.3) is 20.8 Å². The molecule has 0 saturated carbocycles. The average molecular weight is 346 g/mol. The van der Waals surface area contributed by atoms with E-state index >= 15 is 0 Å². The number of hydrogen-bond donors (Lipinski definition) is 2. The Morgan fingerprint density at radius 2 is 2.17 bits per heavy atom. The van der Waals surface area contributed by atoms with Gasteiger partial charge in [-0.25, -0.2) is 4.98 Å². The predicted octanol–water partition coefficient (Wildman–Crippen LogP) is 3.39. The molecule has 23 heavy (non-hydrogen) atoms. The molecular formula is C16H16N3O2S2+. The molecule has 0 atom stereocenters. The number of hydrogen-bond acceptors (Lipinski definition) is 5. The summed E-state index contributed by atoms with van der Waals surface area (Å²) in [6.07, 6.45) is 7.70. The summed E-state index contributed by atoms with van der Waals surface area (Å²) < 4.78 is 2.04. The number of carbonyl (C=O) groups is 1. The van der Waals surface area contributed by atoms with E-state index in [1.54, 1.807) is 35.1 Å². The smallest absolute Gasteiger partial charge is 0.249 e. The molecule has 0 spiro atoms. The molecule has 0 aliphatic heterocycles. The number of pyridine rings is 1. The third-order valence-corrected chi connectivity index (χ3v) is 6.25. The number of rotatable bonds is 2. The molecule has 0 radical (unpaired) electrons. The monoisotopic (exact) mass is 346 g/mol. The summed E-state index contributed by atoms with van der Waals surface area (Å²) in [5.74, 6) is -0.0563. The Labute approximate surface area is 141 Å². The van der Waals surface area contributed by atoms with E-state index < -0.39 is 0 Å². The van der Waals surface area contributed by atoms with E-state index in [0.29, 0.717) is 0 Å². The van der Waals surface area contributed by atoms with Crippen molar-refractivity contribution in [2.24, 2.45) is 0 Å². The van der Waals surface area contributed by atoms with Gasteiger partial charge in [0.25, 0.3) is 0 Å². The Hall–Kier alpha value is -1.99. The lowest BCUT2D eigenvalue weighted by atomic mass is 9.96. The predicted molar refractivity (Wildman–Crippen MR) is 91.3 cm³/mol. The van der Waals surface area contributed by atoms with Crippen molar-refractivity contribution in [3.63, 3.8) is 0 Å². The maximum atomic E-state index is 11.6. The number of aromatic nitrogens is 2. The van der Waals surface area contributed by atoms with E-state index in [0.717, 1.165) is 43.4 Å². The van der Waals surface area contributed by atoms with Crippen molar-refractivity contribution in [2.45, 2.75) is 32.6 Å². The lowest BCUT2D eigenvalue weighted by Crippen LogP contribution is -2.27. The molecule has 3 aromatic heterocycles. The van der Waals surface area contributed by atoms with Crippen molar-refractivity contribution in [3.8, 4) is 10.6 Å². The first-order valence-corrected chi connectivity index (χ1v) is 9.19. The standard InChI is InChI=1S/C16H15N3O2S2/c1-9(20)17-15-14(10-4-2-3-5-12(10)22-15)16-18-11-8-19(21)7-6-13(11)23-16/h6-8H,2-5H2,1H3,(H-,17,18,20,21)/p+1. The van der Waals surface area contributed by atoms with Gasteiger partial charge in [-0.1, -0.05) is 0 Å². The van der Waals surface area contributed by atoms with Gasteiger partial charge in [-0.3, -0.25) is 10.0 Å². The third-order valence-electron chi connectivity index (χ3n) is 3.99. The van der Waals surface area contributed by atoms with Crippen LogP contribution < -0.4 is 10.0 Å². The number of thiazole rings is 1. The normalized spacial score (nSPS) is 14.0. The summed E-state index contributed by atoms with van der Waals surface area (Å²) in [6, 6.07) is 1.85. The van der Waals surface area contributed by atoms with Crippen molar-refractivity contribution in [3.05, 3.63) is 28.9 Å². The SMILES string of the molecule is CC(=O)Nc1sc2c(c1-c1nc3c[n+](O)ccc3s1)CCCC2. The first-order valence-electron chi connectivity index (χ1n) is 7.55. The minimum atomic E-state index is -0.0563.